The number of halogens is 1. The number of piperidine rings is 1. The molecule has 1 N–H and O–H groups in total. The second-order valence-electron chi connectivity index (χ2n) is 7.46. The van der Waals surface area contributed by atoms with Crippen LogP contribution in [0.4, 0.5) is 14.0 Å². The lowest BCUT2D eigenvalue weighted by molar-refractivity contribution is 0.121. The summed E-state index contributed by atoms with van der Waals surface area (Å²) in [5.41, 5.74) is 0.714. The molecule has 0 aromatic heterocycles. The fourth-order valence-corrected chi connectivity index (χ4v) is 4.04. The van der Waals surface area contributed by atoms with Crippen LogP contribution in [0, 0.1) is 5.82 Å². The summed E-state index contributed by atoms with van der Waals surface area (Å²) in [7, 11) is 0. The second-order valence-corrected chi connectivity index (χ2v) is 7.46. The summed E-state index contributed by atoms with van der Waals surface area (Å²) in [4.78, 5) is 29.8. The van der Waals surface area contributed by atoms with Gasteiger partial charge in [0.25, 0.3) is 0 Å². The first-order chi connectivity index (χ1) is 13.1. The number of hydrogen-bond acceptors (Lipinski definition) is 4. The molecule has 146 valence electrons. The number of carbonyl (C=O) groups excluding carboxylic acids is 2. The van der Waals surface area contributed by atoms with Gasteiger partial charge in [0.2, 0.25) is 0 Å². The SMILES string of the molecule is O=C(NC1CCN(Cc2ccccc2F)CC1)N1CCN2C(=O)OC[C@H]2C1. The highest BCUT2D eigenvalue weighted by atomic mass is 19.1. The molecule has 0 spiro atoms. The van der Waals surface area contributed by atoms with Crippen molar-refractivity contribution in [2.45, 2.75) is 31.5 Å². The monoisotopic (exact) mass is 376 g/mol. The van der Waals surface area contributed by atoms with Crippen molar-refractivity contribution in [3.8, 4) is 0 Å². The van der Waals surface area contributed by atoms with Gasteiger partial charge in [-0.3, -0.25) is 9.80 Å². The van der Waals surface area contributed by atoms with Gasteiger partial charge in [-0.1, -0.05) is 18.2 Å². The van der Waals surface area contributed by atoms with E-state index in [4.69, 9.17) is 4.74 Å². The van der Waals surface area contributed by atoms with Crippen LogP contribution in [0.1, 0.15) is 18.4 Å². The Labute approximate surface area is 158 Å². The third-order valence-electron chi connectivity index (χ3n) is 5.67. The van der Waals surface area contributed by atoms with Crippen LogP contribution in [-0.2, 0) is 11.3 Å². The molecular formula is C19H25FN4O3. The molecule has 8 heteroatoms. The summed E-state index contributed by atoms with van der Waals surface area (Å²) in [5.74, 6) is -0.165. The van der Waals surface area contributed by atoms with Gasteiger partial charge >= 0.3 is 12.1 Å². The first kappa shape index (κ1) is 18.0. The Kier molecular flexibility index (Phi) is 5.15. The number of carbonyl (C=O) groups is 2. The van der Waals surface area contributed by atoms with Gasteiger partial charge in [0.05, 0.1) is 6.04 Å². The molecule has 3 aliphatic heterocycles. The van der Waals surface area contributed by atoms with E-state index in [2.05, 4.69) is 10.2 Å². The zero-order valence-electron chi connectivity index (χ0n) is 15.3. The minimum absolute atomic E-state index is 0.0281. The van der Waals surface area contributed by atoms with Gasteiger partial charge < -0.3 is 15.0 Å². The van der Waals surface area contributed by atoms with Crippen LogP contribution in [0.15, 0.2) is 24.3 Å². The average Bonchev–Trinajstić information content (AvgIpc) is 3.05. The highest BCUT2D eigenvalue weighted by Gasteiger charge is 2.39. The number of nitrogens with zero attached hydrogens (tertiary/aromatic N) is 3. The summed E-state index contributed by atoms with van der Waals surface area (Å²) in [6, 6.07) is 6.91. The molecule has 3 aliphatic rings. The first-order valence-electron chi connectivity index (χ1n) is 9.55. The molecule has 3 fully saturated rings. The minimum Gasteiger partial charge on any atom is -0.447 e. The van der Waals surface area contributed by atoms with Gasteiger partial charge in [0, 0.05) is 50.9 Å². The largest absolute Gasteiger partial charge is 0.447 e. The Morgan fingerprint density at radius 1 is 1.19 bits per heavy atom. The maximum absolute atomic E-state index is 13.8. The zero-order valence-corrected chi connectivity index (χ0v) is 15.3. The van der Waals surface area contributed by atoms with Gasteiger partial charge in [0.1, 0.15) is 12.4 Å². The number of urea groups is 1. The molecule has 3 saturated heterocycles. The number of cyclic esters (lactones) is 1. The summed E-state index contributed by atoms with van der Waals surface area (Å²) in [5, 5.41) is 3.12. The number of amides is 3. The predicted molar refractivity (Wildman–Crippen MR) is 96.6 cm³/mol. The van der Waals surface area contributed by atoms with Crippen LogP contribution < -0.4 is 5.32 Å². The van der Waals surface area contributed by atoms with Crippen LogP contribution in [0.3, 0.4) is 0 Å². The number of hydrogen-bond donors (Lipinski definition) is 1. The number of fused-ring (bicyclic) bond motifs is 1. The minimum atomic E-state index is -0.276. The van der Waals surface area contributed by atoms with Gasteiger partial charge in [-0.2, -0.15) is 0 Å². The van der Waals surface area contributed by atoms with Crippen LogP contribution >= 0.6 is 0 Å². The Morgan fingerprint density at radius 2 is 1.96 bits per heavy atom. The normalized spacial score (nSPS) is 23.9. The number of ether oxygens (including phenoxy) is 1. The second kappa shape index (κ2) is 7.72. The Hall–Kier alpha value is -2.35. The zero-order chi connectivity index (χ0) is 18.8. The Balaban J connectivity index is 1.23. The smallest absolute Gasteiger partial charge is 0.410 e. The van der Waals surface area contributed by atoms with Crippen molar-refractivity contribution in [2.24, 2.45) is 0 Å². The lowest BCUT2D eigenvalue weighted by Gasteiger charge is -2.37. The van der Waals surface area contributed by atoms with Crippen molar-refractivity contribution >= 4 is 12.1 Å². The summed E-state index contributed by atoms with van der Waals surface area (Å²) in [6.45, 7) is 4.20. The van der Waals surface area contributed by atoms with Crippen LogP contribution in [0.2, 0.25) is 0 Å². The van der Waals surface area contributed by atoms with Gasteiger partial charge in [-0.05, 0) is 18.9 Å². The van der Waals surface area contributed by atoms with Crippen molar-refractivity contribution in [1.82, 2.24) is 20.0 Å². The van der Waals surface area contributed by atoms with Crippen LogP contribution in [0.5, 0.6) is 0 Å². The fraction of sp³-hybridized carbons (Fsp3) is 0.579. The van der Waals surface area contributed by atoms with E-state index in [0.717, 1.165) is 25.9 Å². The van der Waals surface area contributed by atoms with E-state index in [1.165, 1.54) is 6.07 Å². The van der Waals surface area contributed by atoms with E-state index < -0.39 is 0 Å². The number of nitrogens with one attached hydrogen (secondary N) is 1. The van der Waals surface area contributed by atoms with E-state index in [-0.39, 0.29) is 30.0 Å². The summed E-state index contributed by atoms with van der Waals surface area (Å²) >= 11 is 0. The maximum Gasteiger partial charge on any atom is 0.410 e. The third kappa shape index (κ3) is 4.00. The molecule has 1 atom stereocenters. The van der Waals surface area contributed by atoms with E-state index in [0.29, 0.717) is 38.3 Å². The van der Waals surface area contributed by atoms with Crippen molar-refractivity contribution in [2.75, 3.05) is 39.3 Å². The first-order valence-corrected chi connectivity index (χ1v) is 9.55. The van der Waals surface area contributed by atoms with Crippen molar-refractivity contribution in [3.05, 3.63) is 35.6 Å². The molecule has 3 heterocycles. The molecule has 7 nitrogen and oxygen atoms in total. The number of likely N-dealkylation sites (tertiary alicyclic amines) is 1. The van der Waals surface area contributed by atoms with Gasteiger partial charge in [0.15, 0.2) is 0 Å². The molecule has 4 rings (SSSR count). The molecule has 0 aliphatic carbocycles. The lowest BCUT2D eigenvalue weighted by Crippen LogP contribution is -2.57. The molecule has 27 heavy (non-hydrogen) atoms. The molecule has 0 radical (unpaired) electrons. The van der Waals surface area contributed by atoms with Crippen molar-refractivity contribution in [1.29, 1.82) is 0 Å². The quantitative estimate of drug-likeness (QED) is 0.871. The molecule has 1 aromatic rings. The predicted octanol–water partition coefficient (Wildman–Crippen LogP) is 1.64. The van der Waals surface area contributed by atoms with E-state index >= 15 is 0 Å². The molecule has 0 saturated carbocycles. The van der Waals surface area contributed by atoms with E-state index in [1.807, 2.05) is 12.1 Å². The molecule has 3 amide bonds. The van der Waals surface area contributed by atoms with Gasteiger partial charge in [-0.25, -0.2) is 14.0 Å². The van der Waals surface area contributed by atoms with Gasteiger partial charge in [-0.15, -0.1) is 0 Å². The summed E-state index contributed by atoms with van der Waals surface area (Å²) in [6.07, 6.45) is 1.43. The van der Waals surface area contributed by atoms with Crippen LogP contribution in [-0.4, -0.2) is 78.2 Å². The van der Waals surface area contributed by atoms with Crippen molar-refractivity contribution in [3.63, 3.8) is 0 Å². The highest BCUT2D eigenvalue weighted by Crippen LogP contribution is 2.19. The van der Waals surface area contributed by atoms with Crippen LogP contribution in [0.25, 0.3) is 0 Å². The standard InChI is InChI=1S/C19H25FN4O3/c20-17-4-2-1-3-14(17)11-22-7-5-15(6-8-22)21-18(25)23-9-10-24-16(12-23)13-27-19(24)26/h1-4,15-16H,5-13H2,(H,21,25)/t16-/m1/s1. The average molecular weight is 376 g/mol. The van der Waals surface area contributed by atoms with Crippen molar-refractivity contribution < 1.29 is 18.7 Å². The number of rotatable bonds is 3. The lowest BCUT2D eigenvalue weighted by atomic mass is 10.0. The topological polar surface area (TPSA) is 65.1 Å². The van der Waals surface area contributed by atoms with E-state index in [1.54, 1.807) is 15.9 Å². The Morgan fingerprint density at radius 3 is 2.74 bits per heavy atom. The molecule has 1 aromatic carbocycles. The third-order valence-corrected chi connectivity index (χ3v) is 5.67. The molecule has 0 unspecified atom stereocenters. The molecular weight excluding hydrogens is 351 g/mol. The maximum atomic E-state index is 13.8. The highest BCUT2D eigenvalue weighted by molar-refractivity contribution is 5.76. The number of benzene rings is 1. The van der Waals surface area contributed by atoms with E-state index in [9.17, 15) is 14.0 Å². The fourth-order valence-electron chi connectivity index (χ4n) is 4.04. The molecule has 0 bridgehead atoms. The Bertz CT molecular complexity index is 708. The number of piperazine rings is 1. The summed E-state index contributed by atoms with van der Waals surface area (Å²) < 4.78 is 18.8.